The second-order valence-corrected chi connectivity index (χ2v) is 7.05. The minimum Gasteiger partial charge on any atom is -0.357 e. The van der Waals surface area contributed by atoms with E-state index in [1.165, 1.54) is 5.56 Å². The Bertz CT molecular complexity index is 611. The van der Waals surface area contributed by atoms with Crippen molar-refractivity contribution in [2.75, 3.05) is 26.2 Å². The highest BCUT2D eigenvalue weighted by atomic mass is 127. The number of nitrogens with zero attached hydrogens (tertiary/aromatic N) is 2. The summed E-state index contributed by atoms with van der Waals surface area (Å²) in [6.45, 7) is 7.45. The predicted octanol–water partition coefficient (Wildman–Crippen LogP) is 3.85. The molecule has 0 spiro atoms. The van der Waals surface area contributed by atoms with Gasteiger partial charge in [0.25, 0.3) is 0 Å². The molecule has 7 heteroatoms. The van der Waals surface area contributed by atoms with Gasteiger partial charge in [-0.2, -0.15) is 0 Å². The molecule has 1 aromatic carbocycles. The lowest BCUT2D eigenvalue weighted by Gasteiger charge is -2.26. The van der Waals surface area contributed by atoms with Crippen molar-refractivity contribution in [3.63, 3.8) is 0 Å². The zero-order valence-corrected chi connectivity index (χ0v) is 19.4. The first kappa shape index (κ1) is 24.0. The highest BCUT2D eigenvalue weighted by molar-refractivity contribution is 14.0. The Morgan fingerprint density at radius 2 is 2.15 bits per heavy atom. The van der Waals surface area contributed by atoms with Crippen LogP contribution in [-0.4, -0.2) is 49.0 Å². The molecule has 1 atom stereocenters. The van der Waals surface area contributed by atoms with Gasteiger partial charge in [-0.1, -0.05) is 30.7 Å². The van der Waals surface area contributed by atoms with Crippen molar-refractivity contribution < 1.29 is 4.79 Å². The van der Waals surface area contributed by atoms with Gasteiger partial charge in [0, 0.05) is 43.7 Å². The molecule has 5 nitrogen and oxygen atoms in total. The van der Waals surface area contributed by atoms with Crippen molar-refractivity contribution in [1.29, 1.82) is 0 Å². The number of amides is 1. The van der Waals surface area contributed by atoms with Crippen molar-refractivity contribution in [3.05, 3.63) is 34.9 Å². The normalized spacial score (nSPS) is 15.4. The summed E-state index contributed by atoms with van der Waals surface area (Å²) in [6, 6.07) is 8.24. The lowest BCUT2D eigenvalue weighted by molar-refractivity contribution is -0.129. The van der Waals surface area contributed by atoms with Gasteiger partial charge in [-0.3, -0.25) is 9.79 Å². The molecule has 0 saturated carbocycles. The first-order valence-corrected chi connectivity index (χ1v) is 10.1. The van der Waals surface area contributed by atoms with Crippen LogP contribution < -0.4 is 10.6 Å². The Kier molecular flexibility index (Phi) is 11.7. The number of hydrogen-bond acceptors (Lipinski definition) is 2. The van der Waals surface area contributed by atoms with Crippen LogP contribution in [0.5, 0.6) is 0 Å². The van der Waals surface area contributed by atoms with Gasteiger partial charge >= 0.3 is 0 Å². The maximum absolute atomic E-state index is 11.9. The Morgan fingerprint density at radius 3 is 2.78 bits per heavy atom. The molecule has 1 aliphatic rings. The Balaban J connectivity index is 0.00000364. The molecule has 1 fully saturated rings. The van der Waals surface area contributed by atoms with Gasteiger partial charge in [0.1, 0.15) is 0 Å². The minimum absolute atomic E-state index is 0. The van der Waals surface area contributed by atoms with Crippen LogP contribution in [-0.2, 0) is 11.2 Å². The van der Waals surface area contributed by atoms with Gasteiger partial charge < -0.3 is 15.5 Å². The van der Waals surface area contributed by atoms with Crippen LogP contribution in [0.15, 0.2) is 29.3 Å². The molecule has 152 valence electrons. The molecular weight excluding hydrogens is 475 g/mol. The Labute approximate surface area is 185 Å². The fraction of sp³-hybridized carbons (Fsp3) is 0.600. The number of aliphatic imine (C=N–C) groups is 1. The van der Waals surface area contributed by atoms with Gasteiger partial charge in [0.2, 0.25) is 5.91 Å². The maximum atomic E-state index is 11.9. The number of rotatable bonds is 9. The van der Waals surface area contributed by atoms with E-state index in [-0.39, 0.29) is 24.0 Å². The fourth-order valence-corrected chi connectivity index (χ4v) is 3.53. The standard InChI is InChI=1S/C20H31ClN4O.HI/c1-3-18(25-14-6-9-19(25)26)11-13-24-20(22-4-2)23-12-10-16-7-5-8-17(21)15-16;/h5,7-8,15,18H,3-4,6,9-14H2,1-2H3,(H2,22,23,24);1H. The van der Waals surface area contributed by atoms with E-state index in [9.17, 15) is 4.79 Å². The SMILES string of the molecule is CCNC(=NCCC(CC)N1CCCC1=O)NCCc1cccc(Cl)c1.I. The highest BCUT2D eigenvalue weighted by Crippen LogP contribution is 2.18. The van der Waals surface area contributed by atoms with E-state index in [0.29, 0.717) is 18.4 Å². The zero-order valence-electron chi connectivity index (χ0n) is 16.3. The van der Waals surface area contributed by atoms with Gasteiger partial charge in [-0.15, -0.1) is 24.0 Å². The summed E-state index contributed by atoms with van der Waals surface area (Å²) >= 11 is 6.03. The van der Waals surface area contributed by atoms with E-state index >= 15 is 0 Å². The first-order valence-electron chi connectivity index (χ1n) is 9.70. The van der Waals surface area contributed by atoms with E-state index < -0.39 is 0 Å². The lowest BCUT2D eigenvalue weighted by Crippen LogP contribution is -2.39. The number of likely N-dealkylation sites (tertiary alicyclic amines) is 1. The summed E-state index contributed by atoms with van der Waals surface area (Å²) in [5.74, 6) is 1.13. The number of halogens is 2. The maximum Gasteiger partial charge on any atom is 0.222 e. The van der Waals surface area contributed by atoms with Gasteiger partial charge in [-0.25, -0.2) is 0 Å². The van der Waals surface area contributed by atoms with Crippen molar-refractivity contribution >= 4 is 47.4 Å². The third kappa shape index (κ3) is 8.25. The second kappa shape index (κ2) is 13.2. The van der Waals surface area contributed by atoms with Gasteiger partial charge in [0.15, 0.2) is 5.96 Å². The van der Waals surface area contributed by atoms with Gasteiger partial charge in [-0.05, 0) is 50.3 Å². The summed E-state index contributed by atoms with van der Waals surface area (Å²) in [7, 11) is 0. The molecule has 2 N–H and O–H groups in total. The van der Waals surface area contributed by atoms with Crippen molar-refractivity contribution in [2.45, 2.75) is 52.0 Å². The van der Waals surface area contributed by atoms with Crippen LogP contribution in [0, 0.1) is 0 Å². The molecule has 0 bridgehead atoms. The predicted molar refractivity (Wildman–Crippen MR) is 124 cm³/mol. The monoisotopic (exact) mass is 506 g/mol. The van der Waals surface area contributed by atoms with E-state index in [1.54, 1.807) is 0 Å². The number of nitrogens with one attached hydrogen (secondary N) is 2. The molecule has 0 radical (unpaired) electrons. The Hall–Kier alpha value is -1.02. The molecule has 27 heavy (non-hydrogen) atoms. The van der Waals surface area contributed by atoms with Crippen LogP contribution in [0.4, 0.5) is 0 Å². The van der Waals surface area contributed by atoms with Crippen molar-refractivity contribution in [3.8, 4) is 0 Å². The quantitative estimate of drug-likeness (QED) is 0.304. The minimum atomic E-state index is 0. The molecule has 1 heterocycles. The highest BCUT2D eigenvalue weighted by Gasteiger charge is 2.26. The molecular formula is C20H32ClIN4O. The van der Waals surface area contributed by atoms with Gasteiger partial charge in [0.05, 0.1) is 0 Å². The van der Waals surface area contributed by atoms with Crippen LogP contribution in [0.1, 0.15) is 45.1 Å². The van der Waals surface area contributed by atoms with Crippen LogP contribution in [0.3, 0.4) is 0 Å². The molecule has 1 aliphatic heterocycles. The first-order chi connectivity index (χ1) is 12.6. The van der Waals surface area contributed by atoms with Crippen molar-refractivity contribution in [1.82, 2.24) is 15.5 Å². The van der Waals surface area contributed by atoms with E-state index in [2.05, 4.69) is 35.5 Å². The zero-order chi connectivity index (χ0) is 18.8. The average molecular weight is 507 g/mol. The molecule has 0 aliphatic carbocycles. The third-order valence-electron chi connectivity index (χ3n) is 4.69. The number of carbonyl (C=O) groups is 1. The van der Waals surface area contributed by atoms with E-state index in [4.69, 9.17) is 11.6 Å². The topological polar surface area (TPSA) is 56.7 Å². The third-order valence-corrected chi connectivity index (χ3v) is 4.93. The molecule has 2 rings (SSSR count). The summed E-state index contributed by atoms with van der Waals surface area (Å²) in [4.78, 5) is 18.6. The number of hydrogen-bond donors (Lipinski definition) is 2. The fourth-order valence-electron chi connectivity index (χ4n) is 3.32. The van der Waals surface area contributed by atoms with Crippen LogP contribution in [0.25, 0.3) is 0 Å². The molecule has 1 unspecified atom stereocenters. The lowest BCUT2D eigenvalue weighted by atomic mass is 10.1. The molecule has 0 aromatic heterocycles. The van der Waals surface area contributed by atoms with Crippen LogP contribution >= 0.6 is 35.6 Å². The number of benzene rings is 1. The Morgan fingerprint density at radius 1 is 1.33 bits per heavy atom. The summed E-state index contributed by atoms with van der Waals surface area (Å²) in [5, 5.41) is 7.43. The average Bonchev–Trinajstić information content (AvgIpc) is 3.04. The smallest absolute Gasteiger partial charge is 0.222 e. The van der Waals surface area contributed by atoms with Crippen molar-refractivity contribution in [2.24, 2.45) is 4.99 Å². The molecule has 1 amide bonds. The van der Waals surface area contributed by atoms with Crippen LogP contribution in [0.2, 0.25) is 5.02 Å². The summed E-state index contributed by atoms with van der Waals surface area (Å²) in [6.07, 6.45) is 4.48. The molecule has 1 saturated heterocycles. The second-order valence-electron chi connectivity index (χ2n) is 6.61. The summed E-state index contributed by atoms with van der Waals surface area (Å²) in [5.41, 5.74) is 1.21. The summed E-state index contributed by atoms with van der Waals surface area (Å²) < 4.78 is 0. The number of guanidine groups is 1. The van der Waals surface area contributed by atoms with E-state index in [1.807, 2.05) is 23.1 Å². The molecule has 1 aromatic rings. The number of carbonyl (C=O) groups excluding carboxylic acids is 1. The van der Waals surface area contributed by atoms with E-state index in [0.717, 1.165) is 62.8 Å². The largest absolute Gasteiger partial charge is 0.357 e.